The summed E-state index contributed by atoms with van der Waals surface area (Å²) in [6, 6.07) is 4.69. The molecule has 18 heavy (non-hydrogen) atoms. The minimum Gasteiger partial charge on any atom is -0.388 e. The lowest BCUT2D eigenvalue weighted by atomic mass is 9.92. The van der Waals surface area contributed by atoms with E-state index in [4.69, 9.17) is 23.2 Å². The first-order valence-electron chi connectivity index (χ1n) is 5.69. The molecule has 2 N–H and O–H groups in total. The average Bonchev–Trinajstić information content (AvgIpc) is 2.29. The van der Waals surface area contributed by atoms with Gasteiger partial charge in [0.25, 0.3) is 5.91 Å². The average molecular weight is 290 g/mol. The highest BCUT2D eigenvalue weighted by atomic mass is 35.5. The molecule has 0 aliphatic heterocycles. The van der Waals surface area contributed by atoms with Crippen LogP contribution in [-0.4, -0.2) is 23.2 Å². The first-order valence-corrected chi connectivity index (χ1v) is 6.45. The zero-order valence-corrected chi connectivity index (χ0v) is 12.1. The standard InChI is InChI=1S/C13H17Cl2NO2/c1-8(2)13(3,18)7-16-12(17)10-6-9(14)4-5-11(10)15/h4-6,8,18H,7H2,1-3H3,(H,16,17). The maximum Gasteiger partial charge on any atom is 0.252 e. The summed E-state index contributed by atoms with van der Waals surface area (Å²) in [6.45, 7) is 5.61. The summed E-state index contributed by atoms with van der Waals surface area (Å²) in [5.41, 5.74) is -0.649. The molecule has 0 saturated heterocycles. The van der Waals surface area contributed by atoms with Crippen molar-refractivity contribution in [3.63, 3.8) is 0 Å². The Labute approximate surface area is 117 Å². The molecule has 0 fully saturated rings. The monoisotopic (exact) mass is 289 g/mol. The van der Waals surface area contributed by atoms with E-state index in [1.807, 2.05) is 13.8 Å². The van der Waals surface area contributed by atoms with E-state index in [0.29, 0.717) is 15.6 Å². The second kappa shape index (κ2) is 5.91. The van der Waals surface area contributed by atoms with Crippen LogP contribution in [0.15, 0.2) is 18.2 Å². The van der Waals surface area contributed by atoms with E-state index in [2.05, 4.69) is 5.32 Å². The third kappa shape index (κ3) is 3.87. The lowest BCUT2D eigenvalue weighted by Gasteiger charge is -2.27. The van der Waals surface area contributed by atoms with Crippen LogP contribution in [0.2, 0.25) is 10.0 Å². The molecule has 0 aromatic heterocycles. The van der Waals surface area contributed by atoms with Gasteiger partial charge >= 0.3 is 0 Å². The van der Waals surface area contributed by atoms with Gasteiger partial charge in [-0.05, 0) is 31.0 Å². The van der Waals surface area contributed by atoms with E-state index in [1.54, 1.807) is 19.1 Å². The van der Waals surface area contributed by atoms with Crippen molar-refractivity contribution in [3.8, 4) is 0 Å². The van der Waals surface area contributed by atoms with E-state index in [-0.39, 0.29) is 18.4 Å². The van der Waals surface area contributed by atoms with E-state index in [9.17, 15) is 9.90 Å². The first-order chi connectivity index (χ1) is 8.24. The van der Waals surface area contributed by atoms with Gasteiger partial charge in [0.15, 0.2) is 0 Å². The fraction of sp³-hybridized carbons (Fsp3) is 0.462. The van der Waals surface area contributed by atoms with Crippen molar-refractivity contribution in [3.05, 3.63) is 33.8 Å². The van der Waals surface area contributed by atoms with Crippen LogP contribution >= 0.6 is 23.2 Å². The lowest BCUT2D eigenvalue weighted by molar-refractivity contribution is 0.0142. The van der Waals surface area contributed by atoms with Gasteiger partial charge in [0.1, 0.15) is 0 Å². The molecule has 0 bridgehead atoms. The minimum atomic E-state index is -0.958. The van der Waals surface area contributed by atoms with E-state index < -0.39 is 5.60 Å². The van der Waals surface area contributed by atoms with Crippen LogP contribution in [-0.2, 0) is 0 Å². The second-order valence-electron chi connectivity index (χ2n) is 4.82. The topological polar surface area (TPSA) is 49.3 Å². The molecule has 1 atom stereocenters. The Hall–Kier alpha value is -0.770. The summed E-state index contributed by atoms with van der Waals surface area (Å²) in [5, 5.41) is 13.5. The van der Waals surface area contributed by atoms with Crippen LogP contribution < -0.4 is 5.32 Å². The van der Waals surface area contributed by atoms with Crippen molar-refractivity contribution < 1.29 is 9.90 Å². The number of amides is 1. The normalized spacial score (nSPS) is 14.4. The third-order valence-electron chi connectivity index (χ3n) is 3.02. The predicted octanol–water partition coefficient (Wildman–Crippen LogP) is 3.13. The van der Waals surface area contributed by atoms with Gasteiger partial charge in [-0.15, -0.1) is 0 Å². The number of halogens is 2. The molecule has 3 nitrogen and oxygen atoms in total. The molecule has 0 aliphatic rings. The van der Waals surface area contributed by atoms with Crippen LogP contribution in [0.1, 0.15) is 31.1 Å². The van der Waals surface area contributed by atoms with Crippen LogP contribution in [0.5, 0.6) is 0 Å². The van der Waals surface area contributed by atoms with Gasteiger partial charge < -0.3 is 10.4 Å². The van der Waals surface area contributed by atoms with Crippen molar-refractivity contribution in [2.75, 3.05) is 6.54 Å². The van der Waals surface area contributed by atoms with Crippen LogP contribution in [0.3, 0.4) is 0 Å². The Kier molecular flexibility index (Phi) is 5.02. The van der Waals surface area contributed by atoms with E-state index >= 15 is 0 Å². The molecule has 100 valence electrons. The van der Waals surface area contributed by atoms with Crippen molar-refractivity contribution in [1.82, 2.24) is 5.32 Å². The summed E-state index contributed by atoms with van der Waals surface area (Å²) in [4.78, 5) is 11.9. The molecule has 5 heteroatoms. The number of carbonyl (C=O) groups is 1. The molecule has 0 spiro atoms. The molecule has 1 unspecified atom stereocenters. The molecule has 0 radical (unpaired) electrons. The number of hydrogen-bond donors (Lipinski definition) is 2. The highest BCUT2D eigenvalue weighted by Crippen LogP contribution is 2.21. The number of carbonyl (C=O) groups excluding carboxylic acids is 1. The number of rotatable bonds is 4. The molecule has 1 rings (SSSR count). The Morgan fingerprint density at radius 3 is 2.61 bits per heavy atom. The summed E-state index contributed by atoms with van der Waals surface area (Å²) < 4.78 is 0. The van der Waals surface area contributed by atoms with Crippen LogP contribution in [0, 0.1) is 5.92 Å². The van der Waals surface area contributed by atoms with Crippen LogP contribution in [0.25, 0.3) is 0 Å². The Morgan fingerprint density at radius 1 is 1.44 bits per heavy atom. The summed E-state index contributed by atoms with van der Waals surface area (Å²) in [5.74, 6) is -0.309. The molecular weight excluding hydrogens is 273 g/mol. The highest BCUT2D eigenvalue weighted by molar-refractivity contribution is 6.35. The maximum absolute atomic E-state index is 11.9. The molecular formula is C13H17Cl2NO2. The fourth-order valence-electron chi connectivity index (χ4n) is 1.23. The molecule has 0 aliphatic carbocycles. The van der Waals surface area contributed by atoms with Crippen molar-refractivity contribution in [2.45, 2.75) is 26.4 Å². The Bertz CT molecular complexity index is 445. The fourth-order valence-corrected chi connectivity index (χ4v) is 1.61. The van der Waals surface area contributed by atoms with E-state index in [0.717, 1.165) is 0 Å². The van der Waals surface area contributed by atoms with Crippen molar-refractivity contribution in [1.29, 1.82) is 0 Å². The first kappa shape index (κ1) is 15.3. The second-order valence-corrected chi connectivity index (χ2v) is 5.66. The van der Waals surface area contributed by atoms with Gasteiger partial charge in [0.05, 0.1) is 16.2 Å². The van der Waals surface area contributed by atoms with E-state index in [1.165, 1.54) is 6.07 Å². The molecule has 1 aromatic rings. The molecule has 0 saturated carbocycles. The van der Waals surface area contributed by atoms with Gasteiger partial charge in [-0.25, -0.2) is 0 Å². The molecule has 0 heterocycles. The highest BCUT2D eigenvalue weighted by Gasteiger charge is 2.25. The largest absolute Gasteiger partial charge is 0.388 e. The lowest BCUT2D eigenvalue weighted by Crippen LogP contribution is -2.44. The van der Waals surface area contributed by atoms with Gasteiger partial charge in [-0.3, -0.25) is 4.79 Å². The zero-order valence-electron chi connectivity index (χ0n) is 10.6. The van der Waals surface area contributed by atoms with Gasteiger partial charge in [-0.2, -0.15) is 0 Å². The minimum absolute atomic E-state index is 0.0348. The van der Waals surface area contributed by atoms with Gasteiger partial charge in [0.2, 0.25) is 0 Å². The number of benzene rings is 1. The summed E-state index contributed by atoms with van der Waals surface area (Å²) in [7, 11) is 0. The van der Waals surface area contributed by atoms with Crippen LogP contribution in [0.4, 0.5) is 0 Å². The summed E-state index contributed by atoms with van der Waals surface area (Å²) >= 11 is 11.7. The number of hydrogen-bond acceptors (Lipinski definition) is 2. The van der Waals surface area contributed by atoms with Gasteiger partial charge in [-0.1, -0.05) is 37.0 Å². The van der Waals surface area contributed by atoms with Crippen molar-refractivity contribution in [2.24, 2.45) is 5.92 Å². The smallest absolute Gasteiger partial charge is 0.252 e. The maximum atomic E-state index is 11.9. The summed E-state index contributed by atoms with van der Waals surface area (Å²) in [6.07, 6.45) is 0. The molecule has 1 amide bonds. The third-order valence-corrected chi connectivity index (χ3v) is 3.59. The SMILES string of the molecule is CC(C)C(C)(O)CNC(=O)c1cc(Cl)ccc1Cl. The van der Waals surface area contributed by atoms with Crippen molar-refractivity contribution >= 4 is 29.1 Å². The number of aliphatic hydroxyl groups is 1. The Balaban J connectivity index is 2.75. The van der Waals surface area contributed by atoms with Gasteiger partial charge in [0, 0.05) is 11.6 Å². The number of nitrogens with one attached hydrogen (secondary N) is 1. The molecule has 1 aromatic carbocycles. The Morgan fingerprint density at radius 2 is 2.06 bits per heavy atom. The zero-order chi connectivity index (χ0) is 13.9. The quantitative estimate of drug-likeness (QED) is 0.895. The predicted molar refractivity (Wildman–Crippen MR) is 74.3 cm³/mol.